The fourth-order valence-corrected chi connectivity index (χ4v) is 3.43. The predicted octanol–water partition coefficient (Wildman–Crippen LogP) is 4.93. The van der Waals surface area contributed by atoms with E-state index in [-0.39, 0.29) is 11.2 Å². The van der Waals surface area contributed by atoms with Crippen LogP contribution in [0.4, 0.5) is 5.69 Å². The number of carbonyl (C=O) groups excluding carboxylic acids is 1. The highest BCUT2D eigenvalue weighted by Crippen LogP contribution is 2.32. The van der Waals surface area contributed by atoms with Crippen molar-refractivity contribution < 1.29 is 4.79 Å². The van der Waals surface area contributed by atoms with Crippen LogP contribution in [0.3, 0.4) is 0 Å². The lowest BCUT2D eigenvalue weighted by Crippen LogP contribution is -2.08. The number of anilines is 1. The van der Waals surface area contributed by atoms with E-state index in [2.05, 4.69) is 36.7 Å². The molecule has 0 saturated carbocycles. The van der Waals surface area contributed by atoms with E-state index in [1.165, 1.54) is 4.88 Å². The number of halogens is 1. The maximum atomic E-state index is 12.6. The number of nitrogen functional groups attached to an aromatic ring is 1. The predicted molar refractivity (Wildman–Crippen MR) is 89.7 cm³/mol. The van der Waals surface area contributed by atoms with Gasteiger partial charge in [0.2, 0.25) is 5.78 Å². The third-order valence-electron chi connectivity index (χ3n) is 3.23. The summed E-state index contributed by atoms with van der Waals surface area (Å²) < 4.78 is 0.830. The van der Waals surface area contributed by atoms with Crippen molar-refractivity contribution in [3.8, 4) is 0 Å². The zero-order valence-electron chi connectivity index (χ0n) is 12.1. The molecular weight excluding hydrogens is 334 g/mol. The average Bonchev–Trinajstić information content (AvgIpc) is 2.82. The molecule has 0 atom stereocenters. The van der Waals surface area contributed by atoms with Crippen LogP contribution in [-0.2, 0) is 5.41 Å². The minimum Gasteiger partial charge on any atom is -0.398 e. The number of nitrogens with two attached hydrogens (primary N) is 1. The molecule has 1 aromatic heterocycles. The lowest BCUT2D eigenvalue weighted by molar-refractivity contribution is 0.104. The largest absolute Gasteiger partial charge is 0.398 e. The summed E-state index contributed by atoms with van der Waals surface area (Å²) in [6.07, 6.45) is 0. The lowest BCUT2D eigenvalue weighted by atomic mass is 9.95. The molecule has 0 spiro atoms. The first kappa shape index (κ1) is 15.3. The maximum absolute atomic E-state index is 12.6. The van der Waals surface area contributed by atoms with Gasteiger partial charge in [-0.05, 0) is 42.2 Å². The molecule has 0 unspecified atom stereocenters. The van der Waals surface area contributed by atoms with Crippen LogP contribution in [0.2, 0.25) is 0 Å². The summed E-state index contributed by atoms with van der Waals surface area (Å²) in [6, 6.07) is 7.60. The summed E-state index contributed by atoms with van der Waals surface area (Å²) in [5.41, 5.74) is 8.13. The molecule has 0 fully saturated rings. The Morgan fingerprint density at radius 3 is 2.45 bits per heavy atom. The van der Waals surface area contributed by atoms with Gasteiger partial charge in [-0.2, -0.15) is 0 Å². The van der Waals surface area contributed by atoms with Crippen molar-refractivity contribution in [2.24, 2.45) is 0 Å². The van der Waals surface area contributed by atoms with Gasteiger partial charge in [-0.25, -0.2) is 0 Å². The van der Waals surface area contributed by atoms with Crippen molar-refractivity contribution >= 4 is 38.7 Å². The van der Waals surface area contributed by atoms with E-state index < -0.39 is 0 Å². The van der Waals surface area contributed by atoms with Crippen LogP contribution < -0.4 is 5.73 Å². The van der Waals surface area contributed by atoms with Gasteiger partial charge in [0, 0.05) is 20.6 Å². The van der Waals surface area contributed by atoms with E-state index >= 15 is 0 Å². The van der Waals surface area contributed by atoms with Gasteiger partial charge in [-0.1, -0.05) is 36.7 Å². The molecule has 0 amide bonds. The van der Waals surface area contributed by atoms with E-state index in [9.17, 15) is 4.79 Å². The van der Waals surface area contributed by atoms with E-state index in [0.717, 1.165) is 14.9 Å². The number of carbonyl (C=O) groups is 1. The fourth-order valence-electron chi connectivity index (χ4n) is 1.93. The molecule has 0 aliphatic carbocycles. The van der Waals surface area contributed by atoms with E-state index in [0.29, 0.717) is 11.3 Å². The average molecular weight is 352 g/mol. The standard InChI is InChI=1S/C16H18BrNOS/c1-9-11(7-10(17)8-12(9)18)15(19)13-5-6-14(20-13)16(2,3)4/h5-8H,18H2,1-4H3. The molecule has 2 rings (SSSR count). The monoisotopic (exact) mass is 351 g/mol. The number of thiophene rings is 1. The van der Waals surface area contributed by atoms with Crippen molar-refractivity contribution in [3.63, 3.8) is 0 Å². The van der Waals surface area contributed by atoms with Gasteiger partial charge >= 0.3 is 0 Å². The lowest BCUT2D eigenvalue weighted by Gasteiger charge is -2.15. The third kappa shape index (κ3) is 2.96. The summed E-state index contributed by atoms with van der Waals surface area (Å²) in [4.78, 5) is 14.6. The van der Waals surface area contributed by atoms with Crippen molar-refractivity contribution in [2.75, 3.05) is 5.73 Å². The maximum Gasteiger partial charge on any atom is 0.203 e. The Bertz CT molecular complexity index is 668. The van der Waals surface area contributed by atoms with Crippen LogP contribution in [0.5, 0.6) is 0 Å². The summed E-state index contributed by atoms with van der Waals surface area (Å²) >= 11 is 4.95. The number of ketones is 1. The van der Waals surface area contributed by atoms with Crippen LogP contribution in [-0.4, -0.2) is 5.78 Å². The zero-order chi connectivity index (χ0) is 15.1. The summed E-state index contributed by atoms with van der Waals surface area (Å²) in [6.45, 7) is 8.33. The smallest absolute Gasteiger partial charge is 0.203 e. The quantitative estimate of drug-likeness (QED) is 0.615. The molecular formula is C16H18BrNOS. The molecule has 0 radical (unpaired) electrons. The second-order valence-corrected chi connectivity index (χ2v) is 7.91. The Morgan fingerprint density at radius 1 is 1.25 bits per heavy atom. The van der Waals surface area contributed by atoms with Gasteiger partial charge in [0.05, 0.1) is 4.88 Å². The first-order chi connectivity index (χ1) is 9.20. The van der Waals surface area contributed by atoms with E-state index in [1.54, 1.807) is 11.3 Å². The first-order valence-electron chi connectivity index (χ1n) is 6.41. The summed E-state index contributed by atoms with van der Waals surface area (Å²) in [5, 5.41) is 0. The minimum atomic E-state index is 0.0380. The van der Waals surface area contributed by atoms with E-state index in [1.807, 2.05) is 31.2 Å². The van der Waals surface area contributed by atoms with Crippen molar-refractivity contribution in [1.29, 1.82) is 0 Å². The van der Waals surface area contributed by atoms with Gasteiger partial charge in [-0.15, -0.1) is 11.3 Å². The molecule has 0 bridgehead atoms. The first-order valence-corrected chi connectivity index (χ1v) is 8.01. The molecule has 4 heteroatoms. The van der Waals surface area contributed by atoms with Crippen LogP contribution in [0, 0.1) is 6.92 Å². The molecule has 0 aliphatic rings. The Labute approximate surface area is 132 Å². The van der Waals surface area contributed by atoms with Gasteiger partial charge in [0.1, 0.15) is 0 Å². The SMILES string of the molecule is Cc1c(N)cc(Br)cc1C(=O)c1ccc(C(C)(C)C)s1. The van der Waals surface area contributed by atoms with Crippen LogP contribution in [0.1, 0.15) is 46.4 Å². The molecule has 0 aliphatic heterocycles. The van der Waals surface area contributed by atoms with Gasteiger partial charge in [0.25, 0.3) is 0 Å². The van der Waals surface area contributed by atoms with E-state index in [4.69, 9.17) is 5.73 Å². The zero-order valence-corrected chi connectivity index (χ0v) is 14.5. The molecule has 1 heterocycles. The normalized spacial score (nSPS) is 11.7. The highest BCUT2D eigenvalue weighted by atomic mass is 79.9. The molecule has 20 heavy (non-hydrogen) atoms. The van der Waals surface area contributed by atoms with Gasteiger partial charge < -0.3 is 5.73 Å². The molecule has 1 aromatic carbocycles. The summed E-state index contributed by atoms with van der Waals surface area (Å²) in [7, 11) is 0. The molecule has 106 valence electrons. The van der Waals surface area contributed by atoms with Crippen LogP contribution in [0.15, 0.2) is 28.7 Å². The van der Waals surface area contributed by atoms with Gasteiger partial charge in [0.15, 0.2) is 0 Å². The van der Waals surface area contributed by atoms with Crippen molar-refractivity contribution in [2.45, 2.75) is 33.1 Å². The third-order valence-corrected chi connectivity index (χ3v) is 5.19. The van der Waals surface area contributed by atoms with Crippen molar-refractivity contribution in [3.05, 3.63) is 49.6 Å². The Balaban J connectivity index is 2.45. The number of hydrogen-bond donors (Lipinski definition) is 1. The summed E-state index contributed by atoms with van der Waals surface area (Å²) in [5.74, 6) is 0.0380. The molecule has 2 N–H and O–H groups in total. The Hall–Kier alpha value is -1.13. The molecule has 0 saturated heterocycles. The van der Waals surface area contributed by atoms with Crippen LogP contribution >= 0.6 is 27.3 Å². The highest BCUT2D eigenvalue weighted by molar-refractivity contribution is 9.10. The molecule has 2 nitrogen and oxygen atoms in total. The number of hydrogen-bond acceptors (Lipinski definition) is 3. The Morgan fingerprint density at radius 2 is 1.90 bits per heavy atom. The van der Waals surface area contributed by atoms with Gasteiger partial charge in [-0.3, -0.25) is 4.79 Å². The number of benzene rings is 1. The second kappa shape index (κ2) is 5.34. The number of rotatable bonds is 2. The highest BCUT2D eigenvalue weighted by Gasteiger charge is 2.20. The Kier molecular flexibility index (Phi) is 4.07. The minimum absolute atomic E-state index is 0.0380. The topological polar surface area (TPSA) is 43.1 Å². The van der Waals surface area contributed by atoms with Crippen molar-refractivity contribution in [1.82, 2.24) is 0 Å². The second-order valence-electron chi connectivity index (χ2n) is 5.91. The van der Waals surface area contributed by atoms with Crippen LogP contribution in [0.25, 0.3) is 0 Å². The molecule has 2 aromatic rings. The fraction of sp³-hybridized carbons (Fsp3) is 0.312.